The number of pyridine rings is 1. The molecule has 1 aromatic heterocycles. The zero-order valence-electron chi connectivity index (χ0n) is 19.1. The van der Waals surface area contributed by atoms with Gasteiger partial charge in [-0.3, -0.25) is 14.6 Å². The van der Waals surface area contributed by atoms with Gasteiger partial charge in [0, 0.05) is 42.8 Å². The molecule has 1 saturated heterocycles. The van der Waals surface area contributed by atoms with Crippen molar-refractivity contribution in [3.8, 4) is 11.5 Å². The number of carbonyl (C=O) groups is 2. The lowest BCUT2D eigenvalue weighted by Gasteiger charge is -2.29. The van der Waals surface area contributed by atoms with Crippen molar-refractivity contribution in [1.82, 2.24) is 9.88 Å². The molecule has 2 aromatic carbocycles. The highest BCUT2D eigenvalue weighted by atomic mass is 16.5. The van der Waals surface area contributed by atoms with Gasteiger partial charge in [-0.05, 0) is 67.6 Å². The first kappa shape index (κ1) is 23.3. The molecule has 0 spiro atoms. The summed E-state index contributed by atoms with van der Waals surface area (Å²) in [4.78, 5) is 33.3. The van der Waals surface area contributed by atoms with Crippen LogP contribution < -0.4 is 15.0 Å². The van der Waals surface area contributed by atoms with Crippen LogP contribution in [-0.2, 0) is 9.53 Å². The normalized spacial score (nSPS) is 13.3. The predicted octanol–water partition coefficient (Wildman–Crippen LogP) is 3.81. The van der Waals surface area contributed by atoms with Crippen LogP contribution in [0.25, 0.3) is 0 Å². The number of morpholine rings is 1. The quantitative estimate of drug-likeness (QED) is 0.550. The van der Waals surface area contributed by atoms with E-state index in [4.69, 9.17) is 9.47 Å². The summed E-state index contributed by atoms with van der Waals surface area (Å²) < 4.78 is 11.1. The van der Waals surface area contributed by atoms with E-state index in [0.29, 0.717) is 29.3 Å². The van der Waals surface area contributed by atoms with Gasteiger partial charge < -0.3 is 24.6 Å². The van der Waals surface area contributed by atoms with Crippen molar-refractivity contribution < 1.29 is 19.1 Å². The summed E-state index contributed by atoms with van der Waals surface area (Å²) in [6.45, 7) is 5.39. The third-order valence-corrected chi connectivity index (χ3v) is 5.50. The van der Waals surface area contributed by atoms with Gasteiger partial charge in [-0.2, -0.15) is 0 Å². The van der Waals surface area contributed by atoms with Crippen molar-refractivity contribution in [3.05, 3.63) is 78.6 Å². The van der Waals surface area contributed by atoms with Crippen LogP contribution in [0.3, 0.4) is 0 Å². The number of ether oxygens (including phenoxy) is 2. The van der Waals surface area contributed by atoms with Crippen LogP contribution in [0.15, 0.2) is 73.1 Å². The number of amides is 2. The molecule has 2 heterocycles. The number of hydrogen-bond donors (Lipinski definition) is 1. The fourth-order valence-electron chi connectivity index (χ4n) is 3.67. The lowest BCUT2D eigenvalue weighted by molar-refractivity contribution is -0.116. The Bertz CT molecular complexity index is 1080. The predicted molar refractivity (Wildman–Crippen MR) is 130 cm³/mol. The summed E-state index contributed by atoms with van der Waals surface area (Å²) in [6, 6.07) is 18.2. The minimum Gasteiger partial charge on any atom is -0.456 e. The molecule has 3 aromatic rings. The van der Waals surface area contributed by atoms with Crippen molar-refractivity contribution in [2.75, 3.05) is 49.6 Å². The SMILES string of the molecule is CCN(CC(=O)Nc1ccc(N2CCOCC2)cc1)C(=O)c1ccc(Oc2cccnc2)cc1. The Morgan fingerprint density at radius 3 is 2.41 bits per heavy atom. The van der Waals surface area contributed by atoms with E-state index in [-0.39, 0.29) is 18.4 Å². The molecule has 0 bridgehead atoms. The number of hydrogen-bond acceptors (Lipinski definition) is 6. The second kappa shape index (κ2) is 11.3. The molecule has 0 unspecified atom stereocenters. The number of carbonyl (C=O) groups excluding carboxylic acids is 2. The minimum absolute atomic E-state index is 0.0332. The van der Waals surface area contributed by atoms with Gasteiger partial charge in [-0.1, -0.05) is 0 Å². The molecule has 2 amide bonds. The fourth-order valence-corrected chi connectivity index (χ4v) is 3.67. The Hall–Kier alpha value is -3.91. The van der Waals surface area contributed by atoms with Gasteiger partial charge in [0.05, 0.1) is 19.4 Å². The van der Waals surface area contributed by atoms with Crippen LogP contribution >= 0.6 is 0 Å². The molecule has 0 aliphatic carbocycles. The van der Waals surface area contributed by atoms with E-state index in [9.17, 15) is 9.59 Å². The molecule has 1 N–H and O–H groups in total. The first-order valence-corrected chi connectivity index (χ1v) is 11.3. The van der Waals surface area contributed by atoms with E-state index < -0.39 is 0 Å². The highest BCUT2D eigenvalue weighted by molar-refractivity contribution is 5.99. The Kier molecular flexibility index (Phi) is 7.72. The van der Waals surface area contributed by atoms with Crippen molar-refractivity contribution in [2.45, 2.75) is 6.92 Å². The molecule has 1 aliphatic heterocycles. The molecule has 1 aliphatic rings. The maximum atomic E-state index is 12.9. The van der Waals surface area contributed by atoms with Gasteiger partial charge in [0.1, 0.15) is 18.0 Å². The molecule has 4 rings (SSSR count). The summed E-state index contributed by atoms with van der Waals surface area (Å²) in [5, 5.41) is 2.88. The van der Waals surface area contributed by atoms with Gasteiger partial charge in [0.25, 0.3) is 5.91 Å². The van der Waals surface area contributed by atoms with Crippen LogP contribution in [0.1, 0.15) is 17.3 Å². The molecule has 8 heteroatoms. The monoisotopic (exact) mass is 460 g/mol. The highest BCUT2D eigenvalue weighted by Crippen LogP contribution is 2.21. The zero-order valence-corrected chi connectivity index (χ0v) is 19.1. The maximum Gasteiger partial charge on any atom is 0.254 e. The maximum absolute atomic E-state index is 12.9. The Morgan fingerprint density at radius 2 is 1.76 bits per heavy atom. The molecule has 1 fully saturated rings. The first-order chi connectivity index (χ1) is 16.6. The van der Waals surface area contributed by atoms with E-state index in [2.05, 4.69) is 15.2 Å². The minimum atomic E-state index is -0.245. The summed E-state index contributed by atoms with van der Waals surface area (Å²) in [5.74, 6) is 0.761. The largest absolute Gasteiger partial charge is 0.456 e. The molecule has 34 heavy (non-hydrogen) atoms. The Labute approximate surface area is 199 Å². The zero-order chi connectivity index (χ0) is 23.8. The fraction of sp³-hybridized carbons (Fsp3) is 0.269. The summed E-state index contributed by atoms with van der Waals surface area (Å²) in [7, 11) is 0. The van der Waals surface area contributed by atoms with Gasteiger partial charge in [-0.25, -0.2) is 0 Å². The second-order valence-corrected chi connectivity index (χ2v) is 7.83. The third kappa shape index (κ3) is 6.11. The van der Waals surface area contributed by atoms with Gasteiger partial charge in [0.15, 0.2) is 0 Å². The second-order valence-electron chi connectivity index (χ2n) is 7.83. The standard InChI is InChI=1S/C26H28N4O4/c1-2-29(26(32)20-5-11-23(12-6-20)34-24-4-3-13-27-18-24)19-25(31)28-21-7-9-22(10-8-21)30-14-16-33-17-15-30/h3-13,18H,2,14-17,19H2,1H3,(H,28,31). The van der Waals surface area contributed by atoms with E-state index in [1.807, 2.05) is 31.2 Å². The summed E-state index contributed by atoms with van der Waals surface area (Å²) >= 11 is 0. The van der Waals surface area contributed by atoms with E-state index in [1.54, 1.807) is 48.8 Å². The van der Waals surface area contributed by atoms with Gasteiger partial charge in [-0.15, -0.1) is 0 Å². The van der Waals surface area contributed by atoms with Crippen LogP contribution in [0.4, 0.5) is 11.4 Å². The number of aromatic nitrogens is 1. The number of likely N-dealkylation sites (N-methyl/N-ethyl adjacent to an activating group) is 1. The van der Waals surface area contributed by atoms with Crippen molar-refractivity contribution in [1.29, 1.82) is 0 Å². The molecule has 8 nitrogen and oxygen atoms in total. The summed E-state index contributed by atoms with van der Waals surface area (Å²) in [5.41, 5.74) is 2.29. The Morgan fingerprint density at radius 1 is 1.03 bits per heavy atom. The number of nitrogens with zero attached hydrogens (tertiary/aromatic N) is 3. The van der Waals surface area contributed by atoms with Gasteiger partial charge in [0.2, 0.25) is 5.91 Å². The smallest absolute Gasteiger partial charge is 0.254 e. The van der Waals surface area contributed by atoms with Crippen LogP contribution in [-0.4, -0.2) is 61.1 Å². The number of benzene rings is 2. The van der Waals surface area contributed by atoms with E-state index in [0.717, 1.165) is 32.0 Å². The molecule has 0 saturated carbocycles. The third-order valence-electron chi connectivity index (χ3n) is 5.50. The topological polar surface area (TPSA) is 84.0 Å². The van der Waals surface area contributed by atoms with Crippen molar-refractivity contribution in [3.63, 3.8) is 0 Å². The first-order valence-electron chi connectivity index (χ1n) is 11.3. The lowest BCUT2D eigenvalue weighted by atomic mass is 10.2. The highest BCUT2D eigenvalue weighted by Gasteiger charge is 2.18. The average molecular weight is 461 g/mol. The molecule has 0 radical (unpaired) electrons. The molecular weight excluding hydrogens is 432 g/mol. The van der Waals surface area contributed by atoms with E-state index >= 15 is 0 Å². The van der Waals surface area contributed by atoms with Crippen LogP contribution in [0, 0.1) is 0 Å². The number of rotatable bonds is 8. The molecule has 176 valence electrons. The van der Waals surface area contributed by atoms with Crippen LogP contribution in [0.5, 0.6) is 11.5 Å². The van der Waals surface area contributed by atoms with Crippen molar-refractivity contribution >= 4 is 23.2 Å². The van der Waals surface area contributed by atoms with Gasteiger partial charge >= 0.3 is 0 Å². The number of anilines is 2. The van der Waals surface area contributed by atoms with Crippen LogP contribution in [0.2, 0.25) is 0 Å². The molecule has 0 atom stereocenters. The van der Waals surface area contributed by atoms with Crippen molar-refractivity contribution in [2.24, 2.45) is 0 Å². The summed E-state index contributed by atoms with van der Waals surface area (Å²) in [6.07, 6.45) is 3.29. The van der Waals surface area contributed by atoms with E-state index in [1.165, 1.54) is 4.90 Å². The lowest BCUT2D eigenvalue weighted by Crippen LogP contribution is -2.38. The Balaban J connectivity index is 1.32. The molecular formula is C26H28N4O4. The number of nitrogens with one attached hydrogen (secondary N) is 1. The average Bonchev–Trinajstić information content (AvgIpc) is 2.89.